The molecule has 0 bridgehead atoms. The minimum Gasteiger partial charge on any atom is -0.371 e. The van der Waals surface area contributed by atoms with Crippen LogP contribution in [0.2, 0.25) is 0 Å². The van der Waals surface area contributed by atoms with Crippen molar-refractivity contribution < 1.29 is 18.0 Å². The van der Waals surface area contributed by atoms with E-state index >= 15 is 0 Å². The summed E-state index contributed by atoms with van der Waals surface area (Å²) in [5.41, 5.74) is 2.71. The van der Waals surface area contributed by atoms with E-state index in [0.29, 0.717) is 25.9 Å². The van der Waals surface area contributed by atoms with Crippen LogP contribution >= 0.6 is 11.3 Å². The van der Waals surface area contributed by atoms with Gasteiger partial charge in [-0.15, -0.1) is 11.3 Å². The number of anilines is 1. The number of piperidine rings is 1. The van der Waals surface area contributed by atoms with Crippen molar-refractivity contribution in [3.8, 4) is 16.5 Å². The fourth-order valence-electron chi connectivity index (χ4n) is 5.12. The molecule has 4 atom stereocenters. The van der Waals surface area contributed by atoms with E-state index in [9.17, 15) is 18.0 Å². The summed E-state index contributed by atoms with van der Waals surface area (Å²) in [6, 6.07) is 9.97. The van der Waals surface area contributed by atoms with E-state index in [0.717, 1.165) is 26.8 Å². The number of aromatic nitrogens is 1. The third-order valence-corrected chi connectivity index (χ3v) is 8.06. The minimum atomic E-state index is -2.58. The molecule has 1 saturated heterocycles. The number of thiazole rings is 1. The number of halogens is 3. The summed E-state index contributed by atoms with van der Waals surface area (Å²) in [5.74, 6) is -3.69. The molecule has 2 fully saturated rings. The number of hydrogen-bond donors (Lipinski definition) is 0. The lowest BCUT2D eigenvalue weighted by molar-refractivity contribution is -0.125. The predicted octanol–water partition coefficient (Wildman–Crippen LogP) is 6.69. The number of aryl methyl sites for hydroxylation is 1. The summed E-state index contributed by atoms with van der Waals surface area (Å²) in [7, 11) is 0. The highest BCUT2D eigenvalue weighted by molar-refractivity contribution is 7.15. The Balaban J connectivity index is 1.58. The molecule has 0 unspecified atom stereocenters. The number of carbonyl (C=O) groups excluding carboxylic acids is 1. The SMILES string of the molecule is Cc1nc([C@@H]2CC[C@H](F)C[C@H]2C(=O)C[C@@H](C)C#N)c(-c2ccc(N3CCC(F)(F)CC3)cc2)s1. The number of carbonyl (C=O) groups is 1. The second-order valence-corrected chi connectivity index (χ2v) is 10.9. The van der Waals surface area contributed by atoms with Crippen LogP contribution in [0, 0.1) is 30.1 Å². The number of nitriles is 1. The lowest BCUT2D eigenvalue weighted by atomic mass is 9.72. The van der Waals surface area contributed by atoms with Gasteiger partial charge in [-0.1, -0.05) is 12.1 Å². The Hall–Kier alpha value is -2.40. The standard InChI is InChI=1S/C26H30F3N3OS/c1-16(15-30)13-23(33)22-14-19(27)5-8-21(22)24-25(34-17(2)31-24)18-3-6-20(7-4-18)32-11-9-26(28,29)10-12-32/h3-4,6-7,16,19,21-22H,5,8-14H2,1-2H3/t16-,19+,21-,22-/m1/s1. The van der Waals surface area contributed by atoms with Gasteiger partial charge in [-0.25, -0.2) is 18.2 Å². The summed E-state index contributed by atoms with van der Waals surface area (Å²) in [5, 5.41) is 10.0. The largest absolute Gasteiger partial charge is 0.371 e. The number of alkyl halides is 3. The molecule has 34 heavy (non-hydrogen) atoms. The van der Waals surface area contributed by atoms with E-state index in [2.05, 4.69) is 6.07 Å². The van der Waals surface area contributed by atoms with Crippen molar-refractivity contribution in [2.24, 2.45) is 11.8 Å². The molecule has 2 aromatic rings. The molecule has 0 radical (unpaired) electrons. The van der Waals surface area contributed by atoms with Gasteiger partial charge >= 0.3 is 0 Å². The van der Waals surface area contributed by atoms with E-state index < -0.39 is 23.9 Å². The fourth-order valence-corrected chi connectivity index (χ4v) is 6.11. The molecule has 0 N–H and O–H groups in total. The summed E-state index contributed by atoms with van der Waals surface area (Å²) >= 11 is 1.55. The summed E-state index contributed by atoms with van der Waals surface area (Å²) in [6.07, 6.45) is -0.0238. The van der Waals surface area contributed by atoms with Crippen LogP contribution < -0.4 is 4.90 Å². The van der Waals surface area contributed by atoms with Gasteiger partial charge < -0.3 is 4.90 Å². The number of nitrogens with zero attached hydrogens (tertiary/aromatic N) is 3. The zero-order valence-electron chi connectivity index (χ0n) is 19.6. The Labute approximate surface area is 202 Å². The Morgan fingerprint density at radius 3 is 2.59 bits per heavy atom. The summed E-state index contributed by atoms with van der Waals surface area (Å²) < 4.78 is 41.3. The molecule has 0 spiro atoms. The van der Waals surface area contributed by atoms with Crippen molar-refractivity contribution in [3.63, 3.8) is 0 Å². The average Bonchev–Trinajstić information content (AvgIpc) is 3.20. The number of rotatable bonds is 6. The number of ketones is 1. The fraction of sp³-hybridized carbons (Fsp3) is 0.577. The smallest absolute Gasteiger partial charge is 0.251 e. The highest BCUT2D eigenvalue weighted by Crippen LogP contribution is 2.45. The van der Waals surface area contributed by atoms with Crippen molar-refractivity contribution in [2.45, 2.75) is 70.4 Å². The van der Waals surface area contributed by atoms with Gasteiger partial charge in [0.25, 0.3) is 5.92 Å². The molecule has 2 heterocycles. The van der Waals surface area contributed by atoms with Crippen LogP contribution in [0.5, 0.6) is 0 Å². The van der Waals surface area contributed by atoms with Gasteiger partial charge in [0.05, 0.1) is 27.6 Å². The van der Waals surface area contributed by atoms with Gasteiger partial charge in [0, 0.05) is 49.9 Å². The first-order valence-corrected chi connectivity index (χ1v) is 12.8. The zero-order chi connectivity index (χ0) is 24.5. The van der Waals surface area contributed by atoms with E-state index in [1.807, 2.05) is 36.1 Å². The van der Waals surface area contributed by atoms with Crippen LogP contribution in [0.1, 0.15) is 62.1 Å². The first kappa shape index (κ1) is 24.7. The summed E-state index contributed by atoms with van der Waals surface area (Å²) in [4.78, 5) is 20.8. The predicted molar refractivity (Wildman–Crippen MR) is 128 cm³/mol. The normalized spacial score (nSPS) is 25.5. The molecule has 4 rings (SSSR count). The van der Waals surface area contributed by atoms with E-state index in [1.54, 1.807) is 18.3 Å². The van der Waals surface area contributed by atoms with Crippen molar-refractivity contribution in [2.75, 3.05) is 18.0 Å². The molecule has 4 nitrogen and oxygen atoms in total. The van der Waals surface area contributed by atoms with Gasteiger partial charge in [0.1, 0.15) is 12.0 Å². The molecule has 182 valence electrons. The van der Waals surface area contributed by atoms with Crippen LogP contribution in [0.3, 0.4) is 0 Å². The van der Waals surface area contributed by atoms with Crippen molar-refractivity contribution in [3.05, 3.63) is 35.0 Å². The van der Waals surface area contributed by atoms with E-state index in [4.69, 9.17) is 10.2 Å². The highest BCUT2D eigenvalue weighted by atomic mass is 32.1. The third-order valence-electron chi connectivity index (χ3n) is 7.03. The molecule has 2 aliphatic rings. The molecule has 8 heteroatoms. The second-order valence-electron chi connectivity index (χ2n) is 9.66. The van der Waals surface area contributed by atoms with Gasteiger partial charge in [-0.05, 0) is 50.8 Å². The van der Waals surface area contributed by atoms with Gasteiger partial charge in [0.2, 0.25) is 0 Å². The number of hydrogen-bond acceptors (Lipinski definition) is 5. The maximum Gasteiger partial charge on any atom is 0.251 e. The summed E-state index contributed by atoms with van der Waals surface area (Å²) in [6.45, 7) is 4.30. The Kier molecular flexibility index (Phi) is 7.32. The van der Waals surface area contributed by atoms with Crippen LogP contribution in [0.25, 0.3) is 10.4 Å². The molecule has 1 aliphatic heterocycles. The van der Waals surface area contributed by atoms with Crippen molar-refractivity contribution in [1.82, 2.24) is 4.98 Å². The van der Waals surface area contributed by atoms with Crippen molar-refractivity contribution in [1.29, 1.82) is 5.26 Å². The number of benzene rings is 1. The molecule has 1 aliphatic carbocycles. The Morgan fingerprint density at radius 1 is 1.26 bits per heavy atom. The van der Waals surface area contributed by atoms with Crippen LogP contribution in [-0.4, -0.2) is 36.0 Å². The topological polar surface area (TPSA) is 57.0 Å². The number of Topliss-reactive ketones (excluding diaryl/α,β-unsaturated/α-hetero) is 1. The van der Waals surface area contributed by atoms with Crippen LogP contribution in [0.15, 0.2) is 24.3 Å². The molecular formula is C26H30F3N3OS. The second kappa shape index (κ2) is 10.1. The lowest BCUT2D eigenvalue weighted by Gasteiger charge is -2.33. The quantitative estimate of drug-likeness (QED) is 0.453. The Bertz CT molecular complexity index is 1050. The first-order valence-electron chi connectivity index (χ1n) is 11.9. The molecule has 1 aromatic carbocycles. The van der Waals surface area contributed by atoms with E-state index in [-0.39, 0.29) is 37.4 Å². The maximum absolute atomic E-state index is 14.3. The zero-order valence-corrected chi connectivity index (χ0v) is 20.4. The minimum absolute atomic E-state index is 0.0600. The Morgan fingerprint density at radius 2 is 1.94 bits per heavy atom. The third kappa shape index (κ3) is 5.46. The lowest BCUT2D eigenvalue weighted by Crippen LogP contribution is -2.39. The first-order chi connectivity index (χ1) is 16.2. The van der Waals surface area contributed by atoms with Crippen LogP contribution in [0.4, 0.5) is 18.9 Å². The van der Waals surface area contributed by atoms with Crippen molar-refractivity contribution >= 4 is 22.8 Å². The van der Waals surface area contributed by atoms with E-state index in [1.165, 1.54) is 0 Å². The molecule has 1 saturated carbocycles. The molecule has 1 aromatic heterocycles. The maximum atomic E-state index is 14.3. The van der Waals surface area contributed by atoms with Gasteiger partial charge in [0.15, 0.2) is 0 Å². The molecular weight excluding hydrogens is 459 g/mol. The van der Waals surface area contributed by atoms with Gasteiger partial charge in [-0.3, -0.25) is 4.79 Å². The molecule has 0 amide bonds. The highest BCUT2D eigenvalue weighted by Gasteiger charge is 2.39. The van der Waals surface area contributed by atoms with Gasteiger partial charge in [-0.2, -0.15) is 5.26 Å². The average molecular weight is 490 g/mol. The monoisotopic (exact) mass is 489 g/mol. The van der Waals surface area contributed by atoms with Crippen LogP contribution in [-0.2, 0) is 4.79 Å².